The molecule has 0 aliphatic carbocycles. The van der Waals surface area contributed by atoms with Crippen molar-refractivity contribution in [2.24, 2.45) is 0 Å². The number of rotatable bonds is 2. The fourth-order valence-electron chi connectivity index (χ4n) is 3.03. The number of nitrogen functional groups attached to an aromatic ring is 1. The van der Waals surface area contributed by atoms with Gasteiger partial charge in [-0.2, -0.15) is 0 Å². The highest BCUT2D eigenvalue weighted by molar-refractivity contribution is 6.31. The molecule has 2 aromatic rings. The predicted molar refractivity (Wildman–Crippen MR) is 85.1 cm³/mol. The van der Waals surface area contributed by atoms with Crippen LogP contribution in [0.5, 0.6) is 0 Å². The average Bonchev–Trinajstić information content (AvgIpc) is 2.47. The van der Waals surface area contributed by atoms with Gasteiger partial charge in [-0.1, -0.05) is 48.9 Å². The molecule has 1 unspecified atom stereocenters. The summed E-state index contributed by atoms with van der Waals surface area (Å²) < 4.78 is 0. The van der Waals surface area contributed by atoms with Crippen LogP contribution in [0.4, 0.5) is 5.69 Å². The van der Waals surface area contributed by atoms with Gasteiger partial charge >= 0.3 is 0 Å². The van der Waals surface area contributed by atoms with Crippen LogP contribution in [0.25, 0.3) is 0 Å². The fourth-order valence-corrected chi connectivity index (χ4v) is 3.26. The van der Waals surface area contributed by atoms with Crippen molar-refractivity contribution in [3.63, 3.8) is 0 Å². The van der Waals surface area contributed by atoms with Crippen LogP contribution in [0, 0.1) is 0 Å². The van der Waals surface area contributed by atoms with E-state index in [2.05, 4.69) is 48.2 Å². The highest BCUT2D eigenvalue weighted by Gasteiger charge is 2.27. The number of halogens is 1. The van der Waals surface area contributed by atoms with E-state index in [-0.39, 0.29) is 0 Å². The maximum absolute atomic E-state index is 6.21. The van der Waals surface area contributed by atoms with Gasteiger partial charge in [0.1, 0.15) is 0 Å². The number of fused-ring (bicyclic) bond motifs is 1. The van der Waals surface area contributed by atoms with Crippen LogP contribution in [0.3, 0.4) is 0 Å². The van der Waals surface area contributed by atoms with Crippen molar-refractivity contribution < 1.29 is 0 Å². The third kappa shape index (κ3) is 2.41. The molecule has 1 atom stereocenters. The van der Waals surface area contributed by atoms with Crippen molar-refractivity contribution >= 4 is 17.3 Å². The second kappa shape index (κ2) is 5.47. The van der Waals surface area contributed by atoms with Crippen molar-refractivity contribution in [3.05, 3.63) is 64.2 Å². The number of hydrogen-bond donors (Lipinski definition) is 1. The Morgan fingerprint density at radius 2 is 2.00 bits per heavy atom. The first-order valence-electron chi connectivity index (χ1n) is 7.04. The number of nitrogens with zero attached hydrogens (tertiary/aromatic N) is 1. The lowest BCUT2D eigenvalue weighted by atomic mass is 9.84. The van der Waals surface area contributed by atoms with Crippen molar-refractivity contribution in [2.45, 2.75) is 19.4 Å². The minimum atomic E-state index is 0.348. The van der Waals surface area contributed by atoms with Crippen molar-refractivity contribution in [1.29, 1.82) is 0 Å². The summed E-state index contributed by atoms with van der Waals surface area (Å²) in [6.07, 6.45) is 0. The number of anilines is 1. The maximum Gasteiger partial charge on any atom is 0.0429 e. The summed E-state index contributed by atoms with van der Waals surface area (Å²) in [6.45, 7) is 5.16. The van der Waals surface area contributed by atoms with Gasteiger partial charge in [-0.15, -0.1) is 0 Å². The van der Waals surface area contributed by atoms with Gasteiger partial charge < -0.3 is 5.73 Å². The third-order valence-electron chi connectivity index (χ3n) is 4.13. The first-order chi connectivity index (χ1) is 9.69. The van der Waals surface area contributed by atoms with Crippen LogP contribution < -0.4 is 5.73 Å². The van der Waals surface area contributed by atoms with E-state index < -0.39 is 0 Å². The van der Waals surface area contributed by atoms with Gasteiger partial charge in [-0.05, 0) is 35.4 Å². The Kier molecular flexibility index (Phi) is 3.68. The van der Waals surface area contributed by atoms with Crippen molar-refractivity contribution in [2.75, 3.05) is 18.8 Å². The molecular formula is C17H19ClN2. The molecule has 0 bridgehead atoms. The van der Waals surface area contributed by atoms with E-state index in [1.54, 1.807) is 0 Å². The molecule has 0 saturated carbocycles. The molecule has 2 aromatic carbocycles. The van der Waals surface area contributed by atoms with Gasteiger partial charge in [-0.3, -0.25) is 4.90 Å². The Bertz CT molecular complexity index is 610. The van der Waals surface area contributed by atoms with Gasteiger partial charge in [0.2, 0.25) is 0 Å². The summed E-state index contributed by atoms with van der Waals surface area (Å²) in [7, 11) is 0. The Labute approximate surface area is 125 Å². The summed E-state index contributed by atoms with van der Waals surface area (Å²) in [5, 5.41) is 0.729. The first-order valence-corrected chi connectivity index (χ1v) is 7.42. The zero-order chi connectivity index (χ0) is 14.1. The molecule has 20 heavy (non-hydrogen) atoms. The van der Waals surface area contributed by atoms with Crippen molar-refractivity contribution in [1.82, 2.24) is 4.90 Å². The second-order valence-corrected chi connectivity index (χ2v) is 5.79. The molecule has 104 valence electrons. The molecule has 0 fully saturated rings. The van der Waals surface area contributed by atoms with E-state index in [1.807, 2.05) is 6.07 Å². The number of hydrogen-bond acceptors (Lipinski definition) is 2. The molecule has 1 aliphatic heterocycles. The van der Waals surface area contributed by atoms with Crippen LogP contribution >= 0.6 is 11.6 Å². The molecule has 3 rings (SSSR count). The van der Waals surface area contributed by atoms with Crippen LogP contribution in [0.15, 0.2) is 42.5 Å². The lowest BCUT2D eigenvalue weighted by Gasteiger charge is -2.35. The molecule has 3 heteroatoms. The number of benzene rings is 2. The lowest BCUT2D eigenvalue weighted by molar-refractivity contribution is 0.254. The topological polar surface area (TPSA) is 29.3 Å². The summed E-state index contributed by atoms with van der Waals surface area (Å²) in [6, 6.07) is 14.5. The third-order valence-corrected chi connectivity index (χ3v) is 4.35. The average molecular weight is 287 g/mol. The van der Waals surface area contributed by atoms with Gasteiger partial charge in [0.05, 0.1) is 0 Å². The van der Waals surface area contributed by atoms with Crippen LogP contribution in [0.1, 0.15) is 29.5 Å². The van der Waals surface area contributed by atoms with Gasteiger partial charge in [-0.25, -0.2) is 0 Å². The minimum Gasteiger partial charge on any atom is -0.398 e. The van der Waals surface area contributed by atoms with Gasteiger partial charge in [0, 0.05) is 29.7 Å². The Morgan fingerprint density at radius 1 is 1.25 bits per heavy atom. The van der Waals surface area contributed by atoms with Gasteiger partial charge in [0.25, 0.3) is 0 Å². The monoisotopic (exact) mass is 286 g/mol. The highest BCUT2D eigenvalue weighted by atomic mass is 35.5. The maximum atomic E-state index is 6.21. The normalized spacial score (nSPS) is 18.8. The summed E-state index contributed by atoms with van der Waals surface area (Å²) in [4.78, 5) is 2.43. The summed E-state index contributed by atoms with van der Waals surface area (Å²) in [5.74, 6) is 0.348. The standard InChI is InChI=1S/C17H19ClN2/c1-2-20-10-15(12-6-4-3-5-7-12)14-8-13(18)9-17(19)16(14)11-20/h3-9,15H,2,10-11,19H2,1H3. The second-order valence-electron chi connectivity index (χ2n) is 5.35. The molecule has 1 heterocycles. The van der Waals surface area contributed by atoms with E-state index in [0.717, 1.165) is 30.3 Å². The quantitative estimate of drug-likeness (QED) is 0.849. The lowest BCUT2D eigenvalue weighted by Crippen LogP contribution is -2.34. The molecule has 0 spiro atoms. The molecular weight excluding hydrogens is 268 g/mol. The molecule has 2 N–H and O–H groups in total. The molecule has 0 amide bonds. The SMILES string of the molecule is CCN1Cc2c(N)cc(Cl)cc2C(c2ccccc2)C1. The van der Waals surface area contributed by atoms with Gasteiger partial charge in [0.15, 0.2) is 0 Å². The van der Waals surface area contributed by atoms with E-state index >= 15 is 0 Å². The van der Waals surface area contributed by atoms with Crippen LogP contribution in [-0.4, -0.2) is 18.0 Å². The molecule has 0 saturated heterocycles. The zero-order valence-corrected chi connectivity index (χ0v) is 12.4. The molecule has 0 aromatic heterocycles. The highest BCUT2D eigenvalue weighted by Crippen LogP contribution is 2.37. The molecule has 0 radical (unpaired) electrons. The van der Waals surface area contributed by atoms with E-state index in [4.69, 9.17) is 17.3 Å². The summed E-state index contributed by atoms with van der Waals surface area (Å²) in [5.41, 5.74) is 10.8. The van der Waals surface area contributed by atoms with Crippen molar-refractivity contribution in [3.8, 4) is 0 Å². The van der Waals surface area contributed by atoms with E-state index in [9.17, 15) is 0 Å². The Balaban J connectivity index is 2.12. The predicted octanol–water partition coefficient (Wildman–Crippen LogP) is 3.89. The number of nitrogens with two attached hydrogens (primary N) is 1. The minimum absolute atomic E-state index is 0.348. The largest absolute Gasteiger partial charge is 0.398 e. The van der Waals surface area contributed by atoms with Crippen LogP contribution in [0.2, 0.25) is 5.02 Å². The van der Waals surface area contributed by atoms with E-state index in [1.165, 1.54) is 16.7 Å². The first kappa shape index (κ1) is 13.5. The van der Waals surface area contributed by atoms with Crippen LogP contribution in [-0.2, 0) is 6.54 Å². The molecule has 2 nitrogen and oxygen atoms in total. The smallest absolute Gasteiger partial charge is 0.0429 e. The van der Waals surface area contributed by atoms with E-state index in [0.29, 0.717) is 5.92 Å². The molecule has 1 aliphatic rings. The Morgan fingerprint density at radius 3 is 2.70 bits per heavy atom. The fraction of sp³-hybridized carbons (Fsp3) is 0.294. The zero-order valence-electron chi connectivity index (χ0n) is 11.6. The number of likely N-dealkylation sites (N-methyl/N-ethyl adjacent to an activating group) is 1. The Hall–Kier alpha value is -1.51. The summed E-state index contributed by atoms with van der Waals surface area (Å²) >= 11 is 6.21.